The van der Waals surface area contributed by atoms with Gasteiger partial charge in [0.05, 0.1) is 19.3 Å². The van der Waals surface area contributed by atoms with E-state index in [2.05, 4.69) is 13.8 Å². The minimum atomic E-state index is -0.907. The van der Waals surface area contributed by atoms with E-state index in [4.69, 9.17) is 15.2 Å². The van der Waals surface area contributed by atoms with Crippen molar-refractivity contribution in [3.63, 3.8) is 0 Å². The van der Waals surface area contributed by atoms with Gasteiger partial charge < -0.3 is 20.3 Å². The molecule has 3 N–H and O–H groups in total. The summed E-state index contributed by atoms with van der Waals surface area (Å²) in [6.07, 6.45) is 39.7. The topological polar surface area (TPSA) is 98.8 Å². The van der Waals surface area contributed by atoms with E-state index in [1.54, 1.807) is 6.92 Å². The number of hydrogen-bond acceptors (Lipinski definition) is 6. The SMILES string of the molecule is CCCCCCCCCCCCCCCCCC(=O)OCCC(O)C(C)(N)CCOC(=O)CCCCCCCCCCCCCCCCC. The van der Waals surface area contributed by atoms with Crippen molar-refractivity contribution in [1.82, 2.24) is 0 Å². The monoisotopic (exact) mass is 696 g/mol. The molecule has 0 fully saturated rings. The minimum absolute atomic E-state index is 0.157. The number of aliphatic hydroxyl groups excluding tert-OH is 1. The summed E-state index contributed by atoms with van der Waals surface area (Å²) in [5.41, 5.74) is 5.41. The molecule has 49 heavy (non-hydrogen) atoms. The maximum absolute atomic E-state index is 12.1. The summed E-state index contributed by atoms with van der Waals surface area (Å²) in [5.74, 6) is -0.388. The summed E-state index contributed by atoms with van der Waals surface area (Å²) in [4.78, 5) is 24.3. The molecule has 292 valence electrons. The first-order valence-corrected chi connectivity index (χ1v) is 21.6. The van der Waals surface area contributed by atoms with E-state index in [-0.39, 0.29) is 31.6 Å². The average molecular weight is 696 g/mol. The highest BCUT2D eigenvalue weighted by Crippen LogP contribution is 2.18. The van der Waals surface area contributed by atoms with Gasteiger partial charge >= 0.3 is 11.9 Å². The standard InChI is InChI=1S/C43H85NO5/c1-4-6-8-10-12-14-16-18-20-22-24-26-28-30-32-34-41(46)48-38-36-40(45)43(3,44)37-39-49-42(47)35-33-31-29-27-25-23-21-19-17-15-13-11-9-7-5-2/h40,45H,4-39,44H2,1-3H3. The van der Waals surface area contributed by atoms with Gasteiger partial charge in [0.2, 0.25) is 0 Å². The van der Waals surface area contributed by atoms with Crippen LogP contribution in [0.4, 0.5) is 0 Å². The number of nitrogens with two attached hydrogens (primary N) is 1. The van der Waals surface area contributed by atoms with Gasteiger partial charge in [-0.3, -0.25) is 9.59 Å². The largest absolute Gasteiger partial charge is 0.466 e. The van der Waals surface area contributed by atoms with Gasteiger partial charge in [-0.1, -0.05) is 194 Å². The van der Waals surface area contributed by atoms with Gasteiger partial charge in [-0.05, 0) is 19.8 Å². The molecule has 2 unspecified atom stereocenters. The Bertz CT molecular complexity index is 712. The lowest BCUT2D eigenvalue weighted by atomic mass is 9.90. The summed E-state index contributed by atoms with van der Waals surface area (Å²) in [6.45, 7) is 6.66. The molecule has 6 heteroatoms. The Kier molecular flexibility index (Phi) is 35.8. The lowest BCUT2D eigenvalue weighted by Crippen LogP contribution is -2.49. The van der Waals surface area contributed by atoms with Crippen molar-refractivity contribution in [1.29, 1.82) is 0 Å². The van der Waals surface area contributed by atoms with Gasteiger partial charge in [-0.2, -0.15) is 0 Å². The van der Waals surface area contributed by atoms with Crippen LogP contribution in [0.15, 0.2) is 0 Å². The van der Waals surface area contributed by atoms with Gasteiger partial charge in [0, 0.05) is 31.2 Å². The van der Waals surface area contributed by atoms with Crippen LogP contribution in [-0.2, 0) is 19.1 Å². The van der Waals surface area contributed by atoms with Crippen LogP contribution in [0.1, 0.15) is 239 Å². The first-order chi connectivity index (χ1) is 23.8. The summed E-state index contributed by atoms with van der Waals surface area (Å²) in [5, 5.41) is 10.6. The van der Waals surface area contributed by atoms with E-state index < -0.39 is 11.6 Å². The second-order valence-corrected chi connectivity index (χ2v) is 15.4. The van der Waals surface area contributed by atoms with Crippen molar-refractivity contribution in [2.24, 2.45) is 5.73 Å². The number of hydrogen-bond donors (Lipinski definition) is 2. The number of carbonyl (C=O) groups excluding carboxylic acids is 2. The Morgan fingerprint density at radius 3 is 1.06 bits per heavy atom. The van der Waals surface area contributed by atoms with Crippen LogP contribution in [0.25, 0.3) is 0 Å². The fraction of sp³-hybridized carbons (Fsp3) is 0.953. The van der Waals surface area contributed by atoms with Crippen molar-refractivity contribution in [2.75, 3.05) is 13.2 Å². The third-order valence-corrected chi connectivity index (χ3v) is 10.3. The molecule has 0 bridgehead atoms. The molecular formula is C43H85NO5. The zero-order chi connectivity index (χ0) is 36.1. The summed E-state index contributed by atoms with van der Waals surface area (Å²) < 4.78 is 10.7. The maximum atomic E-state index is 12.1. The lowest BCUT2D eigenvalue weighted by molar-refractivity contribution is -0.146. The molecule has 0 spiro atoms. The minimum Gasteiger partial charge on any atom is -0.466 e. The zero-order valence-electron chi connectivity index (χ0n) is 33.2. The highest BCUT2D eigenvalue weighted by Gasteiger charge is 2.28. The Morgan fingerprint density at radius 2 is 0.755 bits per heavy atom. The van der Waals surface area contributed by atoms with Crippen molar-refractivity contribution in [3.8, 4) is 0 Å². The van der Waals surface area contributed by atoms with E-state index in [1.165, 1.54) is 167 Å². The number of unbranched alkanes of at least 4 members (excludes halogenated alkanes) is 28. The number of aliphatic hydroxyl groups is 1. The predicted octanol–water partition coefficient (Wildman–Crippen LogP) is 12.5. The van der Waals surface area contributed by atoms with Crippen molar-refractivity contribution in [3.05, 3.63) is 0 Å². The fourth-order valence-corrected chi connectivity index (χ4v) is 6.59. The second kappa shape index (κ2) is 36.6. The summed E-state index contributed by atoms with van der Waals surface area (Å²) >= 11 is 0. The molecule has 0 aromatic rings. The number of esters is 2. The van der Waals surface area contributed by atoms with E-state index in [1.807, 2.05) is 0 Å². The normalized spacial score (nSPS) is 13.3. The second-order valence-electron chi connectivity index (χ2n) is 15.4. The van der Waals surface area contributed by atoms with E-state index in [0.29, 0.717) is 19.3 Å². The molecule has 0 rings (SSSR count). The molecule has 0 saturated heterocycles. The smallest absolute Gasteiger partial charge is 0.305 e. The highest BCUT2D eigenvalue weighted by molar-refractivity contribution is 5.69. The summed E-state index contributed by atoms with van der Waals surface area (Å²) in [7, 11) is 0. The number of ether oxygens (including phenoxy) is 2. The molecule has 0 amide bonds. The molecule has 0 radical (unpaired) electrons. The quantitative estimate of drug-likeness (QED) is 0.0490. The Labute approximate surface area is 305 Å². The zero-order valence-corrected chi connectivity index (χ0v) is 33.2. The Hall–Kier alpha value is -1.14. The predicted molar refractivity (Wildman–Crippen MR) is 209 cm³/mol. The van der Waals surface area contributed by atoms with Gasteiger partial charge in [0.1, 0.15) is 0 Å². The molecule has 0 aliphatic carbocycles. The molecule has 0 saturated carbocycles. The fourth-order valence-electron chi connectivity index (χ4n) is 6.59. The van der Waals surface area contributed by atoms with Crippen molar-refractivity contribution < 1.29 is 24.2 Å². The molecule has 0 heterocycles. The van der Waals surface area contributed by atoms with Crippen LogP contribution in [-0.4, -0.2) is 41.9 Å². The first-order valence-electron chi connectivity index (χ1n) is 21.6. The van der Waals surface area contributed by atoms with Gasteiger partial charge in [0.15, 0.2) is 0 Å². The Morgan fingerprint density at radius 1 is 0.490 bits per heavy atom. The van der Waals surface area contributed by atoms with Crippen LogP contribution in [0.2, 0.25) is 0 Å². The van der Waals surface area contributed by atoms with Crippen LogP contribution in [0.5, 0.6) is 0 Å². The van der Waals surface area contributed by atoms with E-state index in [0.717, 1.165) is 25.7 Å². The molecule has 2 atom stereocenters. The third-order valence-electron chi connectivity index (χ3n) is 10.3. The van der Waals surface area contributed by atoms with Crippen molar-refractivity contribution in [2.45, 2.75) is 251 Å². The maximum Gasteiger partial charge on any atom is 0.305 e. The summed E-state index contributed by atoms with van der Waals surface area (Å²) in [6, 6.07) is 0. The molecule has 0 aromatic carbocycles. The average Bonchev–Trinajstić information content (AvgIpc) is 3.08. The van der Waals surface area contributed by atoms with Crippen LogP contribution >= 0.6 is 0 Å². The van der Waals surface area contributed by atoms with Gasteiger partial charge in [-0.15, -0.1) is 0 Å². The number of rotatable bonds is 39. The first kappa shape index (κ1) is 47.9. The van der Waals surface area contributed by atoms with E-state index >= 15 is 0 Å². The molecular weight excluding hydrogens is 610 g/mol. The van der Waals surface area contributed by atoms with Gasteiger partial charge in [0.25, 0.3) is 0 Å². The molecule has 6 nitrogen and oxygen atoms in total. The van der Waals surface area contributed by atoms with Crippen LogP contribution in [0.3, 0.4) is 0 Å². The third kappa shape index (κ3) is 35.1. The number of carbonyl (C=O) groups is 2. The molecule has 0 aromatic heterocycles. The molecule has 0 aliphatic heterocycles. The lowest BCUT2D eigenvalue weighted by Gasteiger charge is -2.30. The van der Waals surface area contributed by atoms with Crippen LogP contribution in [0, 0.1) is 0 Å². The van der Waals surface area contributed by atoms with Gasteiger partial charge in [-0.25, -0.2) is 0 Å². The van der Waals surface area contributed by atoms with E-state index in [9.17, 15) is 14.7 Å². The Balaban J connectivity index is 3.58. The van der Waals surface area contributed by atoms with Crippen molar-refractivity contribution >= 4 is 11.9 Å². The highest BCUT2D eigenvalue weighted by atomic mass is 16.5. The van der Waals surface area contributed by atoms with Crippen LogP contribution < -0.4 is 5.73 Å². The molecule has 0 aliphatic rings.